The number of carbonyl (C=O) groups is 2. The molecule has 3 fully saturated rings. The van der Waals surface area contributed by atoms with E-state index >= 15 is 0 Å². The summed E-state index contributed by atoms with van der Waals surface area (Å²) < 4.78 is 53.5. The van der Waals surface area contributed by atoms with Crippen LogP contribution in [0.5, 0.6) is 0 Å². The van der Waals surface area contributed by atoms with Crippen molar-refractivity contribution < 1.29 is 37.1 Å². The molecule has 2 aliphatic heterocycles. The lowest BCUT2D eigenvalue weighted by Gasteiger charge is -2.38. The number of aromatic nitrogens is 1. The van der Waals surface area contributed by atoms with Crippen molar-refractivity contribution in [3.8, 4) is 22.4 Å². The van der Waals surface area contributed by atoms with Crippen LogP contribution in [0.3, 0.4) is 0 Å². The van der Waals surface area contributed by atoms with Crippen molar-refractivity contribution in [1.82, 2.24) is 10.1 Å². The fourth-order valence-corrected chi connectivity index (χ4v) is 6.93. The van der Waals surface area contributed by atoms with E-state index in [0.717, 1.165) is 37.3 Å². The number of benzene rings is 3. The van der Waals surface area contributed by atoms with Crippen molar-refractivity contribution >= 4 is 17.7 Å². The molecular formula is C35H32F3N3O5. The second kappa shape index (κ2) is 11.9. The summed E-state index contributed by atoms with van der Waals surface area (Å²) in [6.07, 6.45) is -0.120. The first kappa shape index (κ1) is 30.0. The Morgan fingerprint density at radius 1 is 0.935 bits per heavy atom. The summed E-state index contributed by atoms with van der Waals surface area (Å²) in [6, 6.07) is 18.9. The molecule has 0 radical (unpaired) electrons. The SMILES string of the molecule is O=C(O)c1ccc(NC(=O)N2C3CCC2CC(OCc2c(-c4ccccc4C(F)(F)F)noc2C2CC2)C3)cc1-c1ccccc1. The smallest absolute Gasteiger partial charge is 0.417 e. The molecule has 2 bridgehead atoms. The van der Waals surface area contributed by atoms with Crippen LogP contribution in [0.15, 0.2) is 77.3 Å². The van der Waals surface area contributed by atoms with Gasteiger partial charge >= 0.3 is 18.2 Å². The second-order valence-corrected chi connectivity index (χ2v) is 12.2. The fraction of sp³-hybridized carbons (Fsp3) is 0.343. The molecule has 238 valence electrons. The van der Waals surface area contributed by atoms with Gasteiger partial charge < -0.3 is 24.6 Å². The Morgan fingerprint density at radius 2 is 1.63 bits per heavy atom. The number of carbonyl (C=O) groups excluding carboxylic acids is 1. The minimum Gasteiger partial charge on any atom is -0.478 e. The summed E-state index contributed by atoms with van der Waals surface area (Å²) in [6.45, 7) is 0.0748. The van der Waals surface area contributed by atoms with Crippen molar-refractivity contribution in [2.75, 3.05) is 5.32 Å². The zero-order chi connectivity index (χ0) is 32.0. The maximum Gasteiger partial charge on any atom is 0.417 e. The second-order valence-electron chi connectivity index (χ2n) is 12.2. The third kappa shape index (κ3) is 5.87. The van der Waals surface area contributed by atoms with Gasteiger partial charge in [0, 0.05) is 34.8 Å². The molecule has 7 rings (SSSR count). The van der Waals surface area contributed by atoms with Gasteiger partial charge in [-0.25, -0.2) is 9.59 Å². The molecule has 0 spiro atoms. The molecule has 8 nitrogen and oxygen atoms in total. The lowest BCUT2D eigenvalue weighted by atomic mass is 9.98. The number of rotatable bonds is 8. The van der Waals surface area contributed by atoms with Crippen LogP contribution in [0, 0.1) is 0 Å². The molecule has 2 saturated heterocycles. The summed E-state index contributed by atoms with van der Waals surface area (Å²) in [5.74, 6) is -0.328. The first-order valence-corrected chi connectivity index (χ1v) is 15.5. The number of hydrogen-bond acceptors (Lipinski definition) is 5. The summed E-state index contributed by atoms with van der Waals surface area (Å²) in [5, 5.41) is 16.8. The average Bonchev–Trinajstić information content (AvgIpc) is 3.74. The van der Waals surface area contributed by atoms with E-state index in [1.165, 1.54) is 18.2 Å². The van der Waals surface area contributed by atoms with E-state index in [1.54, 1.807) is 18.2 Å². The van der Waals surface area contributed by atoms with E-state index in [4.69, 9.17) is 9.26 Å². The summed E-state index contributed by atoms with van der Waals surface area (Å²) >= 11 is 0. The molecule has 11 heteroatoms. The number of amides is 2. The molecule has 2 unspecified atom stereocenters. The Kier molecular flexibility index (Phi) is 7.80. The number of fused-ring (bicyclic) bond motifs is 2. The molecule has 4 aromatic rings. The average molecular weight is 632 g/mol. The van der Waals surface area contributed by atoms with Crippen LogP contribution in [0.1, 0.15) is 71.7 Å². The number of halogens is 3. The van der Waals surface area contributed by atoms with Crippen molar-refractivity contribution in [2.24, 2.45) is 0 Å². The molecule has 3 heterocycles. The Bertz CT molecular complexity index is 1750. The molecule has 3 aliphatic rings. The van der Waals surface area contributed by atoms with Gasteiger partial charge in [0.05, 0.1) is 23.8 Å². The highest BCUT2D eigenvalue weighted by Crippen LogP contribution is 2.46. The van der Waals surface area contributed by atoms with Gasteiger partial charge in [0.15, 0.2) is 0 Å². The number of carboxylic acids is 1. The molecule has 2 N–H and O–H groups in total. The number of piperidine rings is 1. The lowest BCUT2D eigenvalue weighted by molar-refractivity contribution is -0.137. The minimum absolute atomic E-state index is 0.0254. The molecular weight excluding hydrogens is 599 g/mol. The van der Waals surface area contributed by atoms with Crippen molar-refractivity contribution in [3.63, 3.8) is 0 Å². The summed E-state index contributed by atoms with van der Waals surface area (Å²) in [4.78, 5) is 27.3. The van der Waals surface area contributed by atoms with Crippen molar-refractivity contribution in [2.45, 2.75) is 75.4 Å². The normalized spacial score (nSPS) is 20.9. The zero-order valence-electron chi connectivity index (χ0n) is 24.8. The maximum absolute atomic E-state index is 13.8. The summed E-state index contributed by atoms with van der Waals surface area (Å²) in [5.41, 5.74) is 1.82. The lowest BCUT2D eigenvalue weighted by Crippen LogP contribution is -2.50. The first-order chi connectivity index (χ1) is 22.2. The van der Waals surface area contributed by atoms with Gasteiger partial charge in [-0.1, -0.05) is 53.7 Å². The number of urea groups is 1. The minimum atomic E-state index is -4.54. The van der Waals surface area contributed by atoms with E-state index in [-0.39, 0.29) is 53.6 Å². The Labute approximate surface area is 263 Å². The zero-order valence-corrected chi connectivity index (χ0v) is 24.8. The highest BCUT2D eigenvalue weighted by Gasteiger charge is 2.44. The molecule has 1 aromatic heterocycles. The predicted octanol–water partition coefficient (Wildman–Crippen LogP) is 8.35. The highest BCUT2D eigenvalue weighted by atomic mass is 19.4. The van der Waals surface area contributed by atoms with Gasteiger partial charge in [-0.15, -0.1) is 0 Å². The molecule has 1 aliphatic carbocycles. The van der Waals surface area contributed by atoms with Crippen LogP contribution in [-0.4, -0.2) is 45.4 Å². The molecule has 3 aromatic carbocycles. The molecule has 2 atom stereocenters. The third-order valence-electron chi connectivity index (χ3n) is 9.23. The molecule has 46 heavy (non-hydrogen) atoms. The van der Waals surface area contributed by atoms with Gasteiger partial charge in [-0.05, 0) is 73.9 Å². The third-order valence-corrected chi connectivity index (χ3v) is 9.23. The number of hydrogen-bond donors (Lipinski definition) is 2. The Balaban J connectivity index is 1.05. The number of nitrogens with one attached hydrogen (secondary N) is 1. The van der Waals surface area contributed by atoms with Crippen LogP contribution < -0.4 is 5.32 Å². The van der Waals surface area contributed by atoms with Gasteiger partial charge in [0.25, 0.3) is 0 Å². The predicted molar refractivity (Wildman–Crippen MR) is 163 cm³/mol. The van der Waals surface area contributed by atoms with E-state index in [1.807, 2.05) is 35.2 Å². The molecule has 2 amide bonds. The van der Waals surface area contributed by atoms with Crippen LogP contribution in [0.4, 0.5) is 23.7 Å². The van der Waals surface area contributed by atoms with Gasteiger partial charge in [0.2, 0.25) is 0 Å². The van der Waals surface area contributed by atoms with Crippen LogP contribution in [0.25, 0.3) is 22.4 Å². The van der Waals surface area contributed by atoms with Crippen molar-refractivity contribution in [3.05, 3.63) is 95.2 Å². The molecule has 1 saturated carbocycles. The first-order valence-electron chi connectivity index (χ1n) is 15.5. The number of anilines is 1. The standard InChI is InChI=1S/C35H32F3N3O5/c36-35(37,38)30-9-5-4-8-27(30)31-29(32(46-40-31)21-10-11-21)19-45-25-17-23-13-14-24(18-25)41(23)34(44)39-22-12-15-26(33(42)43)28(16-22)20-6-2-1-3-7-20/h1-9,12,15-16,21,23-25H,10-11,13-14,17-19H2,(H,39,44)(H,42,43). The van der Waals surface area contributed by atoms with Gasteiger partial charge in [0.1, 0.15) is 11.5 Å². The van der Waals surface area contributed by atoms with E-state index in [9.17, 15) is 27.9 Å². The Morgan fingerprint density at radius 3 is 2.30 bits per heavy atom. The van der Waals surface area contributed by atoms with Crippen LogP contribution in [-0.2, 0) is 17.5 Å². The fourth-order valence-electron chi connectivity index (χ4n) is 6.93. The van der Waals surface area contributed by atoms with Crippen LogP contribution >= 0.6 is 0 Å². The van der Waals surface area contributed by atoms with E-state index in [2.05, 4.69) is 10.5 Å². The van der Waals surface area contributed by atoms with Gasteiger partial charge in [-0.2, -0.15) is 13.2 Å². The van der Waals surface area contributed by atoms with Gasteiger partial charge in [-0.3, -0.25) is 0 Å². The number of carboxylic acid groups (broad SMARTS) is 1. The van der Waals surface area contributed by atoms with Crippen molar-refractivity contribution in [1.29, 1.82) is 0 Å². The highest BCUT2D eigenvalue weighted by molar-refractivity contribution is 5.98. The summed E-state index contributed by atoms with van der Waals surface area (Å²) in [7, 11) is 0. The number of ether oxygens (including phenoxy) is 1. The largest absolute Gasteiger partial charge is 0.478 e. The topological polar surface area (TPSA) is 105 Å². The number of aromatic carboxylic acids is 1. The monoisotopic (exact) mass is 631 g/mol. The maximum atomic E-state index is 13.8. The Hall–Kier alpha value is -4.64. The number of nitrogens with zero attached hydrogens (tertiary/aromatic N) is 2. The van der Waals surface area contributed by atoms with E-state index in [0.29, 0.717) is 35.4 Å². The quantitative estimate of drug-likeness (QED) is 0.203. The van der Waals surface area contributed by atoms with E-state index < -0.39 is 17.7 Å². The number of alkyl halides is 3. The van der Waals surface area contributed by atoms with Crippen LogP contribution in [0.2, 0.25) is 0 Å².